The molecule has 0 unspecified atom stereocenters. The Kier molecular flexibility index (Phi) is 9.77. The number of aliphatic hydroxyl groups is 1. The molecule has 48 heavy (non-hydrogen) atoms. The van der Waals surface area contributed by atoms with Crippen LogP contribution in [0.15, 0.2) is 107 Å². The van der Waals surface area contributed by atoms with Gasteiger partial charge in [0.1, 0.15) is 17.2 Å². The van der Waals surface area contributed by atoms with E-state index in [0.717, 1.165) is 64.2 Å². The highest BCUT2D eigenvalue weighted by atomic mass is 19.4. The van der Waals surface area contributed by atoms with Gasteiger partial charge in [-0.05, 0) is 103 Å². The van der Waals surface area contributed by atoms with Gasteiger partial charge in [-0.2, -0.15) is 13.2 Å². The zero-order chi connectivity index (χ0) is 35.1. The number of allylic oxidation sites excluding steroid dienone is 9. The van der Waals surface area contributed by atoms with Crippen molar-refractivity contribution in [3.8, 4) is 0 Å². The Morgan fingerprint density at radius 2 is 1.15 bits per heavy atom. The molecule has 256 valence electrons. The summed E-state index contributed by atoms with van der Waals surface area (Å²) in [5.74, 6) is -3.03. The number of alkyl halides is 3. The van der Waals surface area contributed by atoms with Crippen LogP contribution in [0.5, 0.6) is 0 Å². The van der Waals surface area contributed by atoms with Crippen molar-refractivity contribution in [3.05, 3.63) is 91.7 Å². The molecular weight excluding hydrogens is 617 g/mol. The Balaban J connectivity index is 1.94. The third-order valence-electron chi connectivity index (χ3n) is 10.1. The van der Waals surface area contributed by atoms with E-state index in [9.17, 15) is 23.1 Å². The summed E-state index contributed by atoms with van der Waals surface area (Å²) in [4.78, 5) is 27.6. The van der Waals surface area contributed by atoms with Crippen molar-refractivity contribution in [1.82, 2.24) is 5.32 Å². The molecule has 5 heterocycles. The van der Waals surface area contributed by atoms with Crippen LogP contribution in [0, 0.1) is 5.41 Å². The first-order chi connectivity index (χ1) is 22.9. The van der Waals surface area contributed by atoms with Gasteiger partial charge in [-0.1, -0.05) is 55.4 Å². The molecule has 0 atom stereocenters. The van der Waals surface area contributed by atoms with Crippen molar-refractivity contribution >= 4 is 23.1 Å². The number of carbonyl (C=O) groups is 1. The molecule has 5 aliphatic heterocycles. The van der Waals surface area contributed by atoms with Gasteiger partial charge in [-0.3, -0.25) is 0 Å². The fourth-order valence-corrected chi connectivity index (χ4v) is 7.59. The first-order valence-corrected chi connectivity index (χ1v) is 17.2. The molecule has 0 fully saturated rings. The van der Waals surface area contributed by atoms with Gasteiger partial charge in [-0.15, -0.1) is 0 Å². The van der Waals surface area contributed by atoms with E-state index in [1.807, 2.05) is 39.8 Å². The SMILES string of the molecule is CCC1=C(CC)C2=NC1=CC1=NC(=C(OC(=O)C(F)(F)F)C3=C(O)C(CC)(CC)C(=CC4=NC(=C2)C(CC)=C4CC)N3)C(CC)=C1CC. The predicted octanol–water partition coefficient (Wildman–Crippen LogP) is 9.86. The summed E-state index contributed by atoms with van der Waals surface area (Å²) in [6, 6.07) is 0. The van der Waals surface area contributed by atoms with Crippen LogP contribution in [0.25, 0.3) is 0 Å². The zero-order valence-electron chi connectivity index (χ0n) is 29.1. The predicted molar refractivity (Wildman–Crippen MR) is 184 cm³/mol. The minimum atomic E-state index is -5.27. The van der Waals surface area contributed by atoms with E-state index >= 15 is 0 Å². The molecule has 5 aliphatic rings. The molecule has 5 rings (SSSR count). The fraction of sp³-hybridized carbons (Fsp3) is 0.474. The summed E-state index contributed by atoms with van der Waals surface area (Å²) >= 11 is 0. The molecule has 0 aromatic heterocycles. The van der Waals surface area contributed by atoms with Crippen LogP contribution >= 0.6 is 0 Å². The van der Waals surface area contributed by atoms with Gasteiger partial charge < -0.3 is 15.2 Å². The number of nitrogens with one attached hydrogen (secondary N) is 1. The second-order valence-corrected chi connectivity index (χ2v) is 12.3. The molecule has 10 heteroatoms. The largest absolute Gasteiger partial charge is 0.509 e. The quantitative estimate of drug-likeness (QED) is 0.240. The Morgan fingerprint density at radius 1 is 0.708 bits per heavy atom. The summed E-state index contributed by atoms with van der Waals surface area (Å²) < 4.78 is 46.7. The van der Waals surface area contributed by atoms with Gasteiger partial charge in [0.25, 0.3) is 0 Å². The van der Waals surface area contributed by atoms with Crippen LogP contribution in [-0.2, 0) is 9.53 Å². The maximum absolute atomic E-state index is 13.8. The molecule has 2 N–H and O–H groups in total. The summed E-state index contributed by atoms with van der Waals surface area (Å²) in [5, 5.41) is 15.2. The van der Waals surface area contributed by atoms with Crippen molar-refractivity contribution in [3.63, 3.8) is 0 Å². The van der Waals surface area contributed by atoms with Crippen LogP contribution in [0.1, 0.15) is 107 Å². The number of ether oxygens (including phenoxy) is 1. The number of rotatable bonds is 9. The van der Waals surface area contributed by atoms with Crippen LogP contribution in [0.3, 0.4) is 0 Å². The van der Waals surface area contributed by atoms with E-state index in [-0.39, 0.29) is 17.2 Å². The number of carbonyl (C=O) groups excluding carboxylic acids is 1. The fourth-order valence-electron chi connectivity index (χ4n) is 7.59. The van der Waals surface area contributed by atoms with Crippen molar-refractivity contribution in [2.45, 2.75) is 113 Å². The third-order valence-corrected chi connectivity index (χ3v) is 10.1. The number of aliphatic imine (C=N–C) groups is 3. The van der Waals surface area contributed by atoms with E-state index < -0.39 is 23.3 Å². The smallest absolute Gasteiger partial charge is 0.491 e. The van der Waals surface area contributed by atoms with Crippen LogP contribution in [0.2, 0.25) is 0 Å². The summed E-state index contributed by atoms with van der Waals surface area (Å²) in [5.41, 5.74) is 9.04. The van der Waals surface area contributed by atoms with E-state index in [1.165, 1.54) is 0 Å². The monoisotopic (exact) mass is 662 g/mol. The van der Waals surface area contributed by atoms with Crippen molar-refractivity contribution in [2.24, 2.45) is 20.4 Å². The maximum atomic E-state index is 13.8. The highest BCUT2D eigenvalue weighted by molar-refractivity contribution is 6.18. The Bertz CT molecular complexity index is 1800. The van der Waals surface area contributed by atoms with Gasteiger partial charge >= 0.3 is 12.1 Å². The van der Waals surface area contributed by atoms with Gasteiger partial charge in [0.05, 0.1) is 33.9 Å². The number of hydrogen-bond donors (Lipinski definition) is 2. The lowest BCUT2D eigenvalue weighted by molar-refractivity contribution is -0.195. The summed E-state index contributed by atoms with van der Waals surface area (Å²) in [7, 11) is 0. The van der Waals surface area contributed by atoms with E-state index in [1.54, 1.807) is 0 Å². The van der Waals surface area contributed by atoms with Crippen LogP contribution in [-0.4, -0.2) is 34.4 Å². The van der Waals surface area contributed by atoms with Crippen molar-refractivity contribution in [1.29, 1.82) is 0 Å². The molecule has 8 bridgehead atoms. The van der Waals surface area contributed by atoms with Crippen LogP contribution in [0.4, 0.5) is 13.2 Å². The second kappa shape index (κ2) is 13.4. The molecule has 7 nitrogen and oxygen atoms in total. The van der Waals surface area contributed by atoms with E-state index in [0.29, 0.717) is 54.8 Å². The van der Waals surface area contributed by atoms with E-state index in [2.05, 4.69) is 39.1 Å². The number of aliphatic hydroxyl groups excluding tert-OH is 1. The average molecular weight is 663 g/mol. The molecule has 0 saturated carbocycles. The molecule has 0 aromatic carbocycles. The van der Waals surface area contributed by atoms with Gasteiger partial charge in [0, 0.05) is 5.70 Å². The number of halogens is 3. The lowest BCUT2D eigenvalue weighted by atomic mass is 9.78. The van der Waals surface area contributed by atoms with Crippen LogP contribution < -0.4 is 5.32 Å². The lowest BCUT2D eigenvalue weighted by Crippen LogP contribution is -2.27. The topological polar surface area (TPSA) is 95.6 Å². The number of esters is 1. The van der Waals surface area contributed by atoms with Gasteiger partial charge in [-0.25, -0.2) is 19.8 Å². The molecule has 0 spiro atoms. The Hall–Kier alpha value is -4.21. The molecule has 0 saturated heterocycles. The Morgan fingerprint density at radius 3 is 1.58 bits per heavy atom. The normalized spacial score (nSPS) is 20.6. The molecular formula is C38H45F3N4O3. The highest BCUT2D eigenvalue weighted by Crippen LogP contribution is 2.50. The standard InChI is InChI=1S/C38H45F3N4O3/c1-9-20-21(10-2)28-18-29-24(13-5)25(14-6)32(44-29)34(48-36(47)38(39,40)41)33-35(46)37(15-7,16-8)31(45-33)19-30-23(12-4)22(11-3)27(43-30)17-26(20)42-28/h17-19,45-46H,9-16H2,1-8H3. The first kappa shape index (κ1) is 35.1. The average Bonchev–Trinajstić information content (AvgIpc) is 3.77. The highest BCUT2D eigenvalue weighted by Gasteiger charge is 2.48. The van der Waals surface area contributed by atoms with E-state index in [4.69, 9.17) is 19.7 Å². The third kappa shape index (κ3) is 5.56. The second-order valence-electron chi connectivity index (χ2n) is 12.3. The summed E-state index contributed by atoms with van der Waals surface area (Å²) in [6.45, 7) is 16.0. The summed E-state index contributed by atoms with van der Waals surface area (Å²) in [6.07, 6.45) is 5.28. The minimum Gasteiger partial charge on any atom is -0.509 e. The molecule has 0 amide bonds. The Labute approximate surface area is 280 Å². The molecule has 0 aliphatic carbocycles. The first-order valence-electron chi connectivity index (χ1n) is 17.2. The number of nitrogens with zero attached hydrogens (tertiary/aromatic N) is 3. The van der Waals surface area contributed by atoms with Crippen molar-refractivity contribution in [2.75, 3.05) is 0 Å². The lowest BCUT2D eigenvalue weighted by Gasteiger charge is -2.28. The van der Waals surface area contributed by atoms with Gasteiger partial charge in [0.15, 0.2) is 5.76 Å². The minimum absolute atomic E-state index is 0.0880. The zero-order valence-corrected chi connectivity index (χ0v) is 29.1. The maximum Gasteiger partial charge on any atom is 0.491 e. The molecule has 0 aromatic rings. The number of fused-ring (bicyclic) bond motifs is 5. The van der Waals surface area contributed by atoms with Crippen molar-refractivity contribution < 1.29 is 27.8 Å². The molecule has 0 radical (unpaired) electrons. The number of hydrogen-bond acceptors (Lipinski definition) is 7. The van der Waals surface area contributed by atoms with Gasteiger partial charge in [0.2, 0.25) is 0 Å².